The fourth-order valence-corrected chi connectivity index (χ4v) is 3.19. The van der Waals surface area contributed by atoms with Crippen molar-refractivity contribution in [2.24, 2.45) is 5.41 Å². The van der Waals surface area contributed by atoms with Gasteiger partial charge in [-0.25, -0.2) is 0 Å². The molecule has 27 heavy (non-hydrogen) atoms. The van der Waals surface area contributed by atoms with Crippen LogP contribution >= 0.6 is 0 Å². The van der Waals surface area contributed by atoms with E-state index in [-0.39, 0.29) is 19.8 Å². The van der Waals surface area contributed by atoms with Crippen molar-refractivity contribution in [2.75, 3.05) is 19.8 Å². The first-order valence-corrected chi connectivity index (χ1v) is 9.17. The van der Waals surface area contributed by atoms with E-state index >= 15 is 0 Å². The van der Waals surface area contributed by atoms with Crippen molar-refractivity contribution in [1.82, 2.24) is 0 Å². The van der Waals surface area contributed by atoms with Gasteiger partial charge < -0.3 is 14.9 Å². The lowest BCUT2D eigenvalue weighted by atomic mass is 9.79. The molecule has 0 amide bonds. The zero-order valence-corrected chi connectivity index (χ0v) is 15.6. The lowest BCUT2D eigenvalue weighted by Crippen LogP contribution is -2.40. The topological polar surface area (TPSA) is 49.7 Å². The van der Waals surface area contributed by atoms with E-state index in [9.17, 15) is 10.2 Å². The molecule has 3 aromatic carbocycles. The second kappa shape index (κ2) is 8.49. The predicted molar refractivity (Wildman–Crippen MR) is 107 cm³/mol. The average Bonchev–Trinajstić information content (AvgIpc) is 2.76. The molecule has 3 aromatic rings. The van der Waals surface area contributed by atoms with E-state index in [1.54, 1.807) is 0 Å². The Bertz CT molecular complexity index is 715. The third kappa shape index (κ3) is 3.96. The Labute approximate surface area is 160 Å². The van der Waals surface area contributed by atoms with Crippen molar-refractivity contribution in [3.05, 3.63) is 108 Å². The van der Waals surface area contributed by atoms with E-state index in [0.717, 1.165) is 16.7 Å². The van der Waals surface area contributed by atoms with Crippen LogP contribution in [0.25, 0.3) is 0 Å². The molecule has 0 atom stereocenters. The minimum Gasteiger partial charge on any atom is -0.396 e. The molecular formula is C24H26O3. The molecular weight excluding hydrogens is 336 g/mol. The lowest BCUT2D eigenvalue weighted by Gasteiger charge is -2.38. The van der Waals surface area contributed by atoms with Crippen LogP contribution < -0.4 is 0 Å². The van der Waals surface area contributed by atoms with Gasteiger partial charge in [0.1, 0.15) is 5.60 Å². The molecule has 0 bridgehead atoms. The Balaban J connectivity index is 2.20. The van der Waals surface area contributed by atoms with Crippen molar-refractivity contribution in [3.63, 3.8) is 0 Å². The maximum atomic E-state index is 9.75. The highest BCUT2D eigenvalue weighted by Gasteiger charge is 2.39. The van der Waals surface area contributed by atoms with Gasteiger partial charge in [0.2, 0.25) is 0 Å². The van der Waals surface area contributed by atoms with Crippen LogP contribution in [-0.4, -0.2) is 30.0 Å². The third-order valence-corrected chi connectivity index (χ3v) is 4.94. The molecule has 0 spiro atoms. The minimum absolute atomic E-state index is 0.155. The third-order valence-electron chi connectivity index (χ3n) is 4.94. The SMILES string of the molecule is CC(CO)(CO)COC(c1ccccc1)(c1ccccc1)c1ccccc1. The van der Waals surface area contributed by atoms with Gasteiger partial charge >= 0.3 is 0 Å². The Kier molecular flexibility index (Phi) is 6.07. The maximum Gasteiger partial charge on any atom is 0.143 e. The second-order valence-electron chi connectivity index (χ2n) is 7.19. The summed E-state index contributed by atoms with van der Waals surface area (Å²) in [7, 11) is 0. The summed E-state index contributed by atoms with van der Waals surface area (Å²) in [6.45, 7) is 1.72. The summed E-state index contributed by atoms with van der Waals surface area (Å²) >= 11 is 0. The van der Waals surface area contributed by atoms with E-state index in [4.69, 9.17) is 4.74 Å². The van der Waals surface area contributed by atoms with E-state index in [1.807, 2.05) is 61.5 Å². The quantitative estimate of drug-likeness (QED) is 0.596. The van der Waals surface area contributed by atoms with E-state index < -0.39 is 11.0 Å². The molecule has 0 aromatic heterocycles. The summed E-state index contributed by atoms with van der Waals surface area (Å²) in [6, 6.07) is 30.2. The zero-order chi connectivity index (χ0) is 19.2. The van der Waals surface area contributed by atoms with Crippen molar-refractivity contribution < 1.29 is 14.9 Å². The number of aliphatic hydroxyl groups excluding tert-OH is 2. The second-order valence-corrected chi connectivity index (χ2v) is 7.19. The highest BCUT2D eigenvalue weighted by Crippen LogP contribution is 2.41. The molecule has 0 saturated carbocycles. The maximum absolute atomic E-state index is 9.75. The van der Waals surface area contributed by atoms with Crippen LogP contribution in [0, 0.1) is 5.41 Å². The fourth-order valence-electron chi connectivity index (χ4n) is 3.19. The number of aliphatic hydroxyl groups is 2. The summed E-state index contributed by atoms with van der Waals surface area (Å²) < 4.78 is 6.61. The smallest absolute Gasteiger partial charge is 0.143 e. The normalized spacial score (nSPS) is 12.1. The van der Waals surface area contributed by atoms with Gasteiger partial charge in [-0.3, -0.25) is 0 Å². The van der Waals surface area contributed by atoms with Gasteiger partial charge in [-0.1, -0.05) is 97.9 Å². The predicted octanol–water partition coefficient (Wildman–Crippen LogP) is 3.99. The number of hydrogen-bond acceptors (Lipinski definition) is 3. The molecule has 0 saturated heterocycles. The van der Waals surface area contributed by atoms with E-state index in [2.05, 4.69) is 36.4 Å². The Hall–Kier alpha value is -2.46. The standard InChI is InChI=1S/C24H26O3/c1-23(17-25,18-26)19-27-24(20-11-5-2-6-12-20,21-13-7-3-8-14-21)22-15-9-4-10-16-22/h2-16,25-26H,17-19H2,1H3. The Morgan fingerprint density at radius 1 is 0.630 bits per heavy atom. The summed E-state index contributed by atoms with van der Waals surface area (Å²) in [5.74, 6) is 0. The first-order chi connectivity index (χ1) is 13.1. The molecule has 0 fully saturated rings. The monoisotopic (exact) mass is 362 g/mol. The molecule has 3 rings (SSSR count). The average molecular weight is 362 g/mol. The largest absolute Gasteiger partial charge is 0.396 e. The summed E-state index contributed by atoms with van der Waals surface area (Å²) in [5.41, 5.74) is 1.43. The highest BCUT2D eigenvalue weighted by molar-refractivity contribution is 5.47. The Morgan fingerprint density at radius 2 is 0.963 bits per heavy atom. The van der Waals surface area contributed by atoms with Crippen LogP contribution in [0.15, 0.2) is 91.0 Å². The first kappa shape index (κ1) is 19.3. The van der Waals surface area contributed by atoms with Crippen molar-refractivity contribution in [1.29, 1.82) is 0 Å². The number of benzene rings is 3. The van der Waals surface area contributed by atoms with Gasteiger partial charge in [-0.15, -0.1) is 0 Å². The molecule has 0 radical (unpaired) electrons. The van der Waals surface area contributed by atoms with Gasteiger partial charge in [-0.05, 0) is 16.7 Å². The first-order valence-electron chi connectivity index (χ1n) is 9.17. The van der Waals surface area contributed by atoms with Crippen LogP contribution in [0.2, 0.25) is 0 Å². The van der Waals surface area contributed by atoms with Crippen molar-refractivity contribution >= 4 is 0 Å². The minimum atomic E-state index is -0.838. The van der Waals surface area contributed by atoms with Crippen molar-refractivity contribution in [3.8, 4) is 0 Å². The van der Waals surface area contributed by atoms with Gasteiger partial charge in [0.25, 0.3) is 0 Å². The van der Waals surface area contributed by atoms with Gasteiger partial charge in [-0.2, -0.15) is 0 Å². The number of hydrogen-bond donors (Lipinski definition) is 2. The summed E-state index contributed by atoms with van der Waals surface area (Å²) in [4.78, 5) is 0. The molecule has 2 N–H and O–H groups in total. The van der Waals surface area contributed by atoms with Crippen molar-refractivity contribution in [2.45, 2.75) is 12.5 Å². The molecule has 0 heterocycles. The van der Waals surface area contributed by atoms with Gasteiger partial charge in [0.15, 0.2) is 0 Å². The van der Waals surface area contributed by atoms with Crippen LogP contribution in [-0.2, 0) is 10.3 Å². The van der Waals surface area contributed by atoms with Crippen LogP contribution in [0.1, 0.15) is 23.6 Å². The molecule has 3 heteroatoms. The Morgan fingerprint density at radius 3 is 1.26 bits per heavy atom. The van der Waals surface area contributed by atoms with E-state index in [1.165, 1.54) is 0 Å². The summed E-state index contributed by atoms with van der Waals surface area (Å²) in [5, 5.41) is 19.5. The molecule has 140 valence electrons. The molecule has 0 aliphatic heterocycles. The number of rotatable bonds is 8. The van der Waals surface area contributed by atoms with E-state index in [0.29, 0.717) is 0 Å². The van der Waals surface area contributed by atoms with Crippen LogP contribution in [0.3, 0.4) is 0 Å². The number of ether oxygens (including phenoxy) is 1. The fraction of sp³-hybridized carbons (Fsp3) is 0.250. The lowest BCUT2D eigenvalue weighted by molar-refractivity contribution is -0.0697. The van der Waals surface area contributed by atoms with Gasteiger partial charge in [0.05, 0.1) is 19.8 Å². The molecule has 0 aliphatic carbocycles. The van der Waals surface area contributed by atoms with Gasteiger partial charge in [0, 0.05) is 5.41 Å². The molecule has 0 aliphatic rings. The van der Waals surface area contributed by atoms with Crippen LogP contribution in [0.5, 0.6) is 0 Å². The molecule has 0 unspecified atom stereocenters. The molecule has 3 nitrogen and oxygen atoms in total. The van der Waals surface area contributed by atoms with Crippen LogP contribution in [0.4, 0.5) is 0 Å². The highest BCUT2D eigenvalue weighted by atomic mass is 16.5. The summed E-state index contributed by atoms with van der Waals surface area (Å²) in [6.07, 6.45) is 0. The zero-order valence-electron chi connectivity index (χ0n) is 15.6.